The highest BCUT2D eigenvalue weighted by Crippen LogP contribution is 2.51. The molecule has 31 heavy (non-hydrogen) atoms. The van der Waals surface area contributed by atoms with E-state index in [4.69, 9.17) is 16.3 Å². The highest BCUT2D eigenvalue weighted by atomic mass is 35.5. The van der Waals surface area contributed by atoms with Gasteiger partial charge in [-0.05, 0) is 41.3 Å². The second kappa shape index (κ2) is 6.66. The first-order valence-corrected chi connectivity index (χ1v) is 10.4. The number of fused-ring (bicyclic) bond motifs is 1. The van der Waals surface area contributed by atoms with Crippen LogP contribution in [-0.4, -0.2) is 22.5 Å². The van der Waals surface area contributed by atoms with Crippen LogP contribution < -0.4 is 0 Å². The van der Waals surface area contributed by atoms with Crippen molar-refractivity contribution in [1.82, 2.24) is 0 Å². The number of carbonyl (C=O) groups is 3. The molecule has 5 nitrogen and oxygen atoms in total. The number of ketones is 3. The number of ether oxygens (including phenoxy) is 1. The first-order valence-electron chi connectivity index (χ1n) is 10.0. The molecule has 0 spiro atoms. The Morgan fingerprint density at radius 3 is 2.35 bits per heavy atom. The van der Waals surface area contributed by atoms with Gasteiger partial charge in [0, 0.05) is 40.5 Å². The molecule has 156 valence electrons. The van der Waals surface area contributed by atoms with Gasteiger partial charge in [0.25, 0.3) is 0 Å². The van der Waals surface area contributed by atoms with Crippen molar-refractivity contribution in [1.29, 1.82) is 0 Å². The molecule has 1 N–H and O–H groups in total. The second-order valence-corrected chi connectivity index (χ2v) is 9.43. The summed E-state index contributed by atoms with van der Waals surface area (Å²) in [5, 5.41) is 10.4. The number of hydrogen-bond acceptors (Lipinski definition) is 5. The summed E-state index contributed by atoms with van der Waals surface area (Å²) < 4.78 is 6.03. The SMILES string of the molecule is CC1(C)CC(=O)C2=C(C1)OC1=C(C(=O)c3cc(O)ccc3C1=O)C2c1ccc(Cl)cc1. The maximum absolute atomic E-state index is 13.5. The molecule has 0 fully saturated rings. The zero-order valence-electron chi connectivity index (χ0n) is 17.0. The Balaban J connectivity index is 1.76. The van der Waals surface area contributed by atoms with Crippen molar-refractivity contribution >= 4 is 29.0 Å². The van der Waals surface area contributed by atoms with Crippen molar-refractivity contribution in [2.75, 3.05) is 0 Å². The maximum atomic E-state index is 13.5. The Labute approximate surface area is 184 Å². The average Bonchev–Trinajstić information content (AvgIpc) is 2.70. The number of carbonyl (C=O) groups excluding carboxylic acids is 3. The van der Waals surface area contributed by atoms with Crippen LogP contribution in [-0.2, 0) is 9.53 Å². The van der Waals surface area contributed by atoms with Gasteiger partial charge in [-0.1, -0.05) is 37.6 Å². The quantitative estimate of drug-likeness (QED) is 0.672. The first-order chi connectivity index (χ1) is 14.7. The molecule has 1 heterocycles. The van der Waals surface area contributed by atoms with Crippen molar-refractivity contribution < 1.29 is 24.2 Å². The normalized spacial score (nSPS) is 22.0. The van der Waals surface area contributed by atoms with Crippen LogP contribution in [0.2, 0.25) is 5.02 Å². The molecule has 0 saturated carbocycles. The molecule has 3 aliphatic rings. The van der Waals surface area contributed by atoms with E-state index in [-0.39, 0.29) is 39.4 Å². The summed E-state index contributed by atoms with van der Waals surface area (Å²) >= 11 is 6.06. The third kappa shape index (κ3) is 3.03. The number of benzene rings is 2. The number of phenols is 1. The third-order valence-electron chi connectivity index (χ3n) is 6.07. The number of allylic oxidation sites excluding steroid dienone is 4. The highest BCUT2D eigenvalue weighted by Gasteiger charge is 2.48. The van der Waals surface area contributed by atoms with Crippen LogP contribution in [0.15, 0.2) is 65.1 Å². The third-order valence-corrected chi connectivity index (χ3v) is 6.32. The molecule has 0 radical (unpaired) electrons. The van der Waals surface area contributed by atoms with Crippen LogP contribution in [0.4, 0.5) is 0 Å². The predicted molar refractivity (Wildman–Crippen MR) is 114 cm³/mol. The first kappa shape index (κ1) is 19.8. The van der Waals surface area contributed by atoms with Gasteiger partial charge in [0.15, 0.2) is 17.3 Å². The van der Waals surface area contributed by atoms with Crippen molar-refractivity contribution in [2.24, 2.45) is 5.41 Å². The lowest BCUT2D eigenvalue weighted by Crippen LogP contribution is -2.37. The van der Waals surface area contributed by atoms with Crippen LogP contribution in [0.1, 0.15) is 58.9 Å². The van der Waals surface area contributed by atoms with Crippen molar-refractivity contribution in [3.8, 4) is 5.75 Å². The zero-order chi connectivity index (χ0) is 22.1. The summed E-state index contributed by atoms with van der Waals surface area (Å²) in [5.74, 6) is -1.38. The summed E-state index contributed by atoms with van der Waals surface area (Å²) in [6, 6.07) is 11.0. The Hall–Kier alpha value is -3.18. The summed E-state index contributed by atoms with van der Waals surface area (Å²) in [6.45, 7) is 3.95. The highest BCUT2D eigenvalue weighted by molar-refractivity contribution is 6.30. The van der Waals surface area contributed by atoms with Gasteiger partial charge in [-0.15, -0.1) is 0 Å². The van der Waals surface area contributed by atoms with Crippen molar-refractivity contribution in [3.63, 3.8) is 0 Å². The van der Waals surface area contributed by atoms with Gasteiger partial charge in [-0.2, -0.15) is 0 Å². The summed E-state index contributed by atoms with van der Waals surface area (Å²) in [4.78, 5) is 40.1. The molecule has 1 unspecified atom stereocenters. The summed E-state index contributed by atoms with van der Waals surface area (Å²) in [7, 11) is 0. The number of phenolic OH excluding ortho intramolecular Hbond substituents is 1. The van der Waals surface area contributed by atoms with E-state index in [1.54, 1.807) is 24.3 Å². The smallest absolute Gasteiger partial charge is 0.229 e. The summed E-state index contributed by atoms with van der Waals surface area (Å²) in [5.41, 5.74) is 1.22. The molecule has 0 amide bonds. The molecule has 2 aliphatic carbocycles. The zero-order valence-corrected chi connectivity index (χ0v) is 17.7. The molecule has 0 aromatic heterocycles. The molecule has 6 heteroatoms. The van der Waals surface area contributed by atoms with E-state index in [1.165, 1.54) is 18.2 Å². The fraction of sp³-hybridized carbons (Fsp3) is 0.240. The minimum atomic E-state index is -0.730. The van der Waals surface area contributed by atoms with E-state index in [1.807, 2.05) is 13.8 Å². The van der Waals surface area contributed by atoms with Crippen LogP contribution >= 0.6 is 11.6 Å². The molecular weight excluding hydrogens is 416 g/mol. The van der Waals surface area contributed by atoms with Gasteiger partial charge in [-0.3, -0.25) is 14.4 Å². The van der Waals surface area contributed by atoms with E-state index < -0.39 is 17.5 Å². The number of halogens is 1. The lowest BCUT2D eigenvalue weighted by atomic mass is 9.67. The van der Waals surface area contributed by atoms with E-state index in [0.717, 1.165) is 0 Å². The Morgan fingerprint density at radius 1 is 0.935 bits per heavy atom. The number of rotatable bonds is 1. The van der Waals surface area contributed by atoms with E-state index in [2.05, 4.69) is 0 Å². The Morgan fingerprint density at radius 2 is 1.65 bits per heavy atom. The monoisotopic (exact) mass is 434 g/mol. The fourth-order valence-corrected chi connectivity index (χ4v) is 4.85. The van der Waals surface area contributed by atoms with Gasteiger partial charge >= 0.3 is 0 Å². The van der Waals surface area contributed by atoms with Crippen molar-refractivity contribution in [3.05, 3.63) is 86.8 Å². The number of aromatic hydroxyl groups is 1. The van der Waals surface area contributed by atoms with Gasteiger partial charge < -0.3 is 9.84 Å². The van der Waals surface area contributed by atoms with Crippen LogP contribution in [0.3, 0.4) is 0 Å². The largest absolute Gasteiger partial charge is 0.508 e. The lowest BCUT2D eigenvalue weighted by molar-refractivity contribution is -0.119. The minimum Gasteiger partial charge on any atom is -0.508 e. The molecule has 0 bridgehead atoms. The molecule has 1 aliphatic heterocycles. The number of Topliss-reactive ketones (excluding diaryl/α,β-unsaturated/α-hetero) is 3. The van der Waals surface area contributed by atoms with Crippen LogP contribution in [0, 0.1) is 5.41 Å². The average molecular weight is 435 g/mol. The Kier molecular flexibility index (Phi) is 4.25. The van der Waals surface area contributed by atoms with E-state index >= 15 is 0 Å². The topological polar surface area (TPSA) is 80.7 Å². The van der Waals surface area contributed by atoms with Gasteiger partial charge in [0.05, 0.1) is 5.57 Å². The van der Waals surface area contributed by atoms with Gasteiger partial charge in [0.1, 0.15) is 11.5 Å². The molecule has 2 aromatic carbocycles. The van der Waals surface area contributed by atoms with Gasteiger partial charge in [0.2, 0.25) is 5.78 Å². The van der Waals surface area contributed by atoms with E-state index in [9.17, 15) is 19.5 Å². The fourth-order valence-electron chi connectivity index (χ4n) is 4.72. The predicted octanol–water partition coefficient (Wildman–Crippen LogP) is 5.14. The molecule has 2 aromatic rings. The second-order valence-electron chi connectivity index (χ2n) is 9.00. The van der Waals surface area contributed by atoms with Crippen LogP contribution in [0.5, 0.6) is 5.75 Å². The molecular formula is C25H19ClO5. The summed E-state index contributed by atoms with van der Waals surface area (Å²) in [6.07, 6.45) is 0.806. The maximum Gasteiger partial charge on any atom is 0.229 e. The van der Waals surface area contributed by atoms with E-state index in [0.29, 0.717) is 34.8 Å². The standard InChI is InChI=1S/C25H19ClO5/c1-25(2)10-17(28)20-18(11-25)31-24-21(19(20)12-3-5-13(26)6-4-12)22(29)16-9-14(27)7-8-15(16)23(24)30/h3-9,19,27H,10-11H2,1-2H3. The van der Waals surface area contributed by atoms with Crippen LogP contribution in [0.25, 0.3) is 0 Å². The molecule has 0 saturated heterocycles. The van der Waals surface area contributed by atoms with Crippen molar-refractivity contribution in [2.45, 2.75) is 32.6 Å². The minimum absolute atomic E-state index is 0.0348. The number of hydrogen-bond donors (Lipinski definition) is 1. The Bertz CT molecular complexity index is 1250. The van der Waals surface area contributed by atoms with Gasteiger partial charge in [-0.25, -0.2) is 0 Å². The lowest BCUT2D eigenvalue weighted by Gasteiger charge is -2.39. The molecule has 1 atom stereocenters. The molecule has 5 rings (SSSR count).